The van der Waals surface area contributed by atoms with Crippen molar-refractivity contribution in [1.29, 1.82) is 0 Å². The van der Waals surface area contributed by atoms with E-state index in [1.165, 1.54) is 5.69 Å². The van der Waals surface area contributed by atoms with Gasteiger partial charge in [0.05, 0.1) is 5.69 Å². The smallest absolute Gasteiger partial charge is 0.265 e. The Kier molecular flexibility index (Phi) is 5.90. The van der Waals surface area contributed by atoms with Gasteiger partial charge in [0, 0.05) is 50.5 Å². The molecule has 30 heavy (non-hydrogen) atoms. The predicted molar refractivity (Wildman–Crippen MR) is 118 cm³/mol. The van der Waals surface area contributed by atoms with E-state index >= 15 is 0 Å². The number of likely N-dealkylation sites (N-methyl/N-ethyl adjacent to an activating group) is 1. The average Bonchev–Trinajstić information content (AvgIpc) is 2.74. The van der Waals surface area contributed by atoms with E-state index in [4.69, 9.17) is 4.74 Å². The van der Waals surface area contributed by atoms with Crippen LogP contribution in [0.2, 0.25) is 0 Å². The molecule has 2 aromatic rings. The summed E-state index contributed by atoms with van der Waals surface area (Å²) in [5, 5.41) is 2.96. The lowest BCUT2D eigenvalue weighted by Crippen LogP contribution is -2.44. The Bertz CT molecular complexity index is 938. The molecular weight excluding hydrogens is 380 g/mol. The van der Waals surface area contributed by atoms with E-state index in [2.05, 4.69) is 35.2 Å². The molecule has 0 bridgehead atoms. The van der Waals surface area contributed by atoms with Gasteiger partial charge in [0.25, 0.3) is 5.91 Å². The van der Waals surface area contributed by atoms with Gasteiger partial charge in [-0.2, -0.15) is 0 Å². The zero-order valence-electron chi connectivity index (χ0n) is 17.6. The monoisotopic (exact) mass is 408 g/mol. The Morgan fingerprint density at radius 1 is 1.07 bits per heavy atom. The van der Waals surface area contributed by atoms with Crippen LogP contribution in [0.15, 0.2) is 42.5 Å². The highest BCUT2D eigenvalue weighted by atomic mass is 16.5. The van der Waals surface area contributed by atoms with E-state index in [0.29, 0.717) is 18.0 Å². The molecule has 2 aliphatic heterocycles. The molecule has 0 radical (unpaired) electrons. The van der Waals surface area contributed by atoms with Gasteiger partial charge in [-0.15, -0.1) is 0 Å². The van der Waals surface area contributed by atoms with Crippen LogP contribution < -0.4 is 19.9 Å². The van der Waals surface area contributed by atoms with Crippen molar-refractivity contribution in [2.24, 2.45) is 0 Å². The number of fused-ring (bicyclic) bond motifs is 1. The minimum Gasteiger partial charge on any atom is -0.482 e. The second kappa shape index (κ2) is 8.75. The number of nitrogens with zero attached hydrogens (tertiary/aromatic N) is 3. The van der Waals surface area contributed by atoms with Gasteiger partial charge in [-0.1, -0.05) is 12.1 Å². The lowest BCUT2D eigenvalue weighted by Gasteiger charge is -2.35. The first-order valence-corrected chi connectivity index (χ1v) is 10.4. The molecule has 0 atom stereocenters. The van der Waals surface area contributed by atoms with Crippen molar-refractivity contribution < 1.29 is 14.3 Å². The number of ether oxygens (including phenoxy) is 1. The third-order valence-corrected chi connectivity index (χ3v) is 5.70. The Morgan fingerprint density at radius 3 is 2.60 bits per heavy atom. The van der Waals surface area contributed by atoms with Gasteiger partial charge in [-0.25, -0.2) is 0 Å². The van der Waals surface area contributed by atoms with Crippen LogP contribution in [0.4, 0.5) is 17.1 Å². The number of hydrogen-bond donors (Lipinski definition) is 1. The second-order valence-electron chi connectivity index (χ2n) is 7.89. The zero-order valence-corrected chi connectivity index (χ0v) is 17.6. The summed E-state index contributed by atoms with van der Waals surface area (Å²) in [6, 6.07) is 13.4. The molecule has 2 amide bonds. The Labute approximate surface area is 177 Å². The molecule has 1 fully saturated rings. The average molecular weight is 409 g/mol. The highest BCUT2D eigenvalue weighted by Gasteiger charge is 2.25. The van der Waals surface area contributed by atoms with Gasteiger partial charge in [0.15, 0.2) is 6.61 Å². The fraction of sp³-hybridized carbons (Fsp3) is 0.391. The number of piperazine rings is 1. The summed E-state index contributed by atoms with van der Waals surface area (Å²) in [6.45, 7) is 6.54. The van der Waals surface area contributed by atoms with Crippen molar-refractivity contribution in [3.63, 3.8) is 0 Å². The minimum absolute atomic E-state index is 0.00554. The maximum atomic E-state index is 12.5. The fourth-order valence-corrected chi connectivity index (χ4v) is 3.97. The molecule has 0 unspecified atom stereocenters. The molecule has 2 heterocycles. The topological polar surface area (TPSA) is 65.1 Å². The van der Waals surface area contributed by atoms with E-state index in [-0.39, 0.29) is 24.8 Å². The maximum absolute atomic E-state index is 12.5. The molecule has 0 spiro atoms. The summed E-state index contributed by atoms with van der Waals surface area (Å²) in [6.07, 6.45) is 0.222. The minimum atomic E-state index is -0.131. The summed E-state index contributed by atoms with van der Waals surface area (Å²) < 4.78 is 5.45. The molecule has 0 saturated carbocycles. The van der Waals surface area contributed by atoms with Gasteiger partial charge in [-0.3, -0.25) is 9.59 Å². The summed E-state index contributed by atoms with van der Waals surface area (Å²) >= 11 is 0. The van der Waals surface area contributed by atoms with Crippen LogP contribution in [0, 0.1) is 6.92 Å². The van der Waals surface area contributed by atoms with Gasteiger partial charge in [0.1, 0.15) is 5.75 Å². The number of carbonyl (C=O) groups excluding carboxylic acids is 2. The summed E-state index contributed by atoms with van der Waals surface area (Å²) in [5.74, 6) is 0.431. The first-order chi connectivity index (χ1) is 14.5. The normalized spacial score (nSPS) is 16.8. The lowest BCUT2D eigenvalue weighted by molar-refractivity contribution is -0.121. The molecule has 0 aromatic heterocycles. The molecule has 7 nitrogen and oxygen atoms in total. The second-order valence-corrected chi connectivity index (χ2v) is 7.89. The standard InChI is InChI=1S/C23H28N4O3/c1-17-15-18(7-8-19(17)26-13-11-25(2)12-14-26)24-22(28)9-10-27-20-5-3-4-6-21(20)30-16-23(27)29/h3-8,15H,9-14,16H2,1-2H3,(H,24,28). The Hall–Kier alpha value is -3.06. The summed E-state index contributed by atoms with van der Waals surface area (Å²) in [7, 11) is 2.14. The largest absolute Gasteiger partial charge is 0.482 e. The van der Waals surface area contributed by atoms with Gasteiger partial charge < -0.3 is 24.8 Å². The molecule has 158 valence electrons. The number of amides is 2. The number of para-hydroxylation sites is 2. The van der Waals surface area contributed by atoms with Crippen LogP contribution in [-0.4, -0.2) is 63.1 Å². The summed E-state index contributed by atoms with van der Waals surface area (Å²) in [4.78, 5) is 31.1. The van der Waals surface area contributed by atoms with Crippen molar-refractivity contribution in [1.82, 2.24) is 4.90 Å². The molecule has 7 heteroatoms. The van der Waals surface area contributed by atoms with Crippen molar-refractivity contribution in [3.05, 3.63) is 48.0 Å². The van der Waals surface area contributed by atoms with Gasteiger partial charge in [-0.05, 0) is 49.9 Å². The van der Waals surface area contributed by atoms with Crippen LogP contribution in [0.5, 0.6) is 5.75 Å². The lowest BCUT2D eigenvalue weighted by atomic mass is 10.1. The zero-order chi connectivity index (χ0) is 21.1. The first-order valence-electron chi connectivity index (χ1n) is 10.4. The Morgan fingerprint density at radius 2 is 1.83 bits per heavy atom. The van der Waals surface area contributed by atoms with Gasteiger partial charge >= 0.3 is 0 Å². The molecule has 2 aliphatic rings. The van der Waals surface area contributed by atoms with Crippen molar-refractivity contribution in [2.75, 3.05) is 61.5 Å². The highest BCUT2D eigenvalue weighted by Crippen LogP contribution is 2.31. The van der Waals surface area contributed by atoms with E-state index in [1.807, 2.05) is 36.4 Å². The quantitative estimate of drug-likeness (QED) is 0.824. The molecule has 4 rings (SSSR count). The summed E-state index contributed by atoms with van der Waals surface area (Å²) in [5.41, 5.74) is 3.87. The molecule has 2 aromatic carbocycles. The third-order valence-electron chi connectivity index (χ3n) is 5.70. The van der Waals surface area contributed by atoms with E-state index < -0.39 is 0 Å². The number of nitrogens with one attached hydrogen (secondary N) is 1. The van der Waals surface area contributed by atoms with Crippen LogP contribution >= 0.6 is 0 Å². The van der Waals surface area contributed by atoms with Crippen molar-refractivity contribution in [3.8, 4) is 5.75 Å². The van der Waals surface area contributed by atoms with Crippen LogP contribution in [-0.2, 0) is 9.59 Å². The fourth-order valence-electron chi connectivity index (χ4n) is 3.97. The van der Waals surface area contributed by atoms with Crippen LogP contribution in [0.3, 0.4) is 0 Å². The number of hydrogen-bond acceptors (Lipinski definition) is 5. The SMILES string of the molecule is Cc1cc(NC(=O)CCN2C(=O)COc3ccccc32)ccc1N1CCN(C)CC1. The van der Waals surface area contributed by atoms with Gasteiger partial charge in [0.2, 0.25) is 5.91 Å². The van der Waals surface area contributed by atoms with E-state index in [0.717, 1.165) is 37.4 Å². The molecule has 1 saturated heterocycles. The highest BCUT2D eigenvalue weighted by molar-refractivity contribution is 5.99. The van der Waals surface area contributed by atoms with E-state index in [9.17, 15) is 9.59 Å². The van der Waals surface area contributed by atoms with Crippen LogP contribution in [0.1, 0.15) is 12.0 Å². The van der Waals surface area contributed by atoms with Crippen molar-refractivity contribution >= 4 is 28.9 Å². The number of aryl methyl sites for hydroxylation is 1. The molecule has 0 aliphatic carbocycles. The number of benzene rings is 2. The first kappa shape index (κ1) is 20.2. The molecule has 1 N–H and O–H groups in total. The predicted octanol–water partition coefficient (Wildman–Crippen LogP) is 2.50. The number of carbonyl (C=O) groups is 2. The number of anilines is 3. The van der Waals surface area contributed by atoms with Crippen LogP contribution in [0.25, 0.3) is 0 Å². The van der Waals surface area contributed by atoms with E-state index in [1.54, 1.807) is 4.90 Å². The maximum Gasteiger partial charge on any atom is 0.265 e. The Balaban J connectivity index is 1.35. The third kappa shape index (κ3) is 4.41. The number of rotatable bonds is 5. The molecular formula is C23H28N4O3. The van der Waals surface area contributed by atoms with Crippen molar-refractivity contribution in [2.45, 2.75) is 13.3 Å².